The zero-order valence-corrected chi connectivity index (χ0v) is 17.6. The van der Waals surface area contributed by atoms with Gasteiger partial charge in [0.1, 0.15) is 0 Å². The van der Waals surface area contributed by atoms with E-state index in [4.69, 9.17) is 9.47 Å². The Labute approximate surface area is 177 Å². The Morgan fingerprint density at radius 3 is 2.53 bits per heavy atom. The number of nitrogens with zero attached hydrogens (tertiary/aromatic N) is 2. The van der Waals surface area contributed by atoms with E-state index in [1.165, 1.54) is 0 Å². The standard InChI is InChI=1S/C23H29N3O4/c1-3-30-20-6-4-17(16-21(20)29-2)5-7-22(27)25-19-10-14-26(15-11-19)23(28)18-8-12-24-13-9-18/h4,6,8-9,12-13,16,19H,3,5,7,10-11,14-15H2,1-2H3,(H,25,27). The summed E-state index contributed by atoms with van der Waals surface area (Å²) in [5.41, 5.74) is 1.68. The van der Waals surface area contributed by atoms with Gasteiger partial charge in [-0.3, -0.25) is 14.6 Å². The van der Waals surface area contributed by atoms with E-state index >= 15 is 0 Å². The second kappa shape index (κ2) is 10.6. The largest absolute Gasteiger partial charge is 0.493 e. The summed E-state index contributed by atoms with van der Waals surface area (Å²) in [4.78, 5) is 30.7. The number of piperidine rings is 1. The fourth-order valence-corrected chi connectivity index (χ4v) is 3.60. The van der Waals surface area contributed by atoms with Crippen molar-refractivity contribution in [3.05, 3.63) is 53.9 Å². The maximum atomic E-state index is 12.5. The number of aromatic nitrogens is 1. The lowest BCUT2D eigenvalue weighted by Gasteiger charge is -2.32. The number of aryl methyl sites for hydroxylation is 1. The monoisotopic (exact) mass is 411 g/mol. The van der Waals surface area contributed by atoms with Crippen molar-refractivity contribution in [1.82, 2.24) is 15.2 Å². The number of carbonyl (C=O) groups is 2. The van der Waals surface area contributed by atoms with E-state index in [1.54, 1.807) is 31.6 Å². The van der Waals surface area contributed by atoms with Crippen LogP contribution in [0.3, 0.4) is 0 Å². The van der Waals surface area contributed by atoms with Gasteiger partial charge in [0, 0.05) is 43.5 Å². The van der Waals surface area contributed by atoms with Gasteiger partial charge < -0.3 is 19.7 Å². The summed E-state index contributed by atoms with van der Waals surface area (Å²) < 4.78 is 10.9. The summed E-state index contributed by atoms with van der Waals surface area (Å²) in [6, 6.07) is 9.32. The number of carbonyl (C=O) groups excluding carboxylic acids is 2. The third-order valence-electron chi connectivity index (χ3n) is 5.24. The molecule has 0 saturated carbocycles. The number of benzene rings is 1. The maximum absolute atomic E-state index is 12.5. The molecule has 1 aliphatic heterocycles. The average Bonchev–Trinajstić information content (AvgIpc) is 2.79. The Morgan fingerprint density at radius 2 is 1.87 bits per heavy atom. The van der Waals surface area contributed by atoms with Gasteiger partial charge >= 0.3 is 0 Å². The van der Waals surface area contributed by atoms with E-state index < -0.39 is 0 Å². The molecule has 0 unspecified atom stereocenters. The van der Waals surface area contributed by atoms with Crippen molar-refractivity contribution in [2.75, 3.05) is 26.8 Å². The molecule has 0 aliphatic carbocycles. The van der Waals surface area contributed by atoms with Gasteiger partial charge in [-0.05, 0) is 56.0 Å². The number of likely N-dealkylation sites (tertiary alicyclic amines) is 1. The highest BCUT2D eigenvalue weighted by Gasteiger charge is 2.24. The molecule has 160 valence electrons. The third kappa shape index (κ3) is 5.72. The van der Waals surface area contributed by atoms with Crippen LogP contribution in [-0.2, 0) is 11.2 Å². The molecule has 2 amide bonds. The van der Waals surface area contributed by atoms with Gasteiger partial charge in [0.25, 0.3) is 5.91 Å². The van der Waals surface area contributed by atoms with Crippen LogP contribution >= 0.6 is 0 Å². The van der Waals surface area contributed by atoms with E-state index in [0.717, 1.165) is 18.4 Å². The Bertz CT molecular complexity index is 849. The molecule has 0 atom stereocenters. The molecule has 2 aromatic rings. The van der Waals surface area contributed by atoms with Crippen molar-refractivity contribution in [3.63, 3.8) is 0 Å². The molecule has 30 heavy (non-hydrogen) atoms. The van der Waals surface area contributed by atoms with Crippen molar-refractivity contribution < 1.29 is 19.1 Å². The number of rotatable bonds is 8. The highest BCUT2D eigenvalue weighted by molar-refractivity contribution is 5.94. The molecule has 1 aliphatic rings. The third-order valence-corrected chi connectivity index (χ3v) is 5.24. The Kier molecular flexibility index (Phi) is 7.65. The van der Waals surface area contributed by atoms with Gasteiger partial charge in [-0.2, -0.15) is 0 Å². The first-order valence-electron chi connectivity index (χ1n) is 10.4. The number of hydrogen-bond acceptors (Lipinski definition) is 5. The number of amides is 2. The number of methoxy groups -OCH3 is 1. The van der Waals surface area contributed by atoms with Crippen LogP contribution in [0.2, 0.25) is 0 Å². The van der Waals surface area contributed by atoms with Crippen LogP contribution in [0.1, 0.15) is 42.1 Å². The Morgan fingerprint density at radius 1 is 1.13 bits per heavy atom. The predicted octanol–water partition coefficient (Wildman–Crippen LogP) is 2.84. The molecule has 3 rings (SSSR count). The minimum atomic E-state index is 0.0200. The first kappa shape index (κ1) is 21.6. The Hall–Kier alpha value is -3.09. The molecule has 0 radical (unpaired) electrons. The van der Waals surface area contributed by atoms with Crippen LogP contribution in [0, 0.1) is 0 Å². The highest BCUT2D eigenvalue weighted by Crippen LogP contribution is 2.28. The molecule has 2 heterocycles. The van der Waals surface area contributed by atoms with Gasteiger partial charge in [-0.15, -0.1) is 0 Å². The minimum absolute atomic E-state index is 0.0200. The SMILES string of the molecule is CCOc1ccc(CCC(=O)NC2CCN(C(=O)c3ccncc3)CC2)cc1OC. The van der Waals surface area contributed by atoms with E-state index in [0.29, 0.717) is 49.6 Å². The predicted molar refractivity (Wildman–Crippen MR) is 114 cm³/mol. The van der Waals surface area contributed by atoms with Crippen molar-refractivity contribution >= 4 is 11.8 Å². The normalized spacial score (nSPS) is 14.3. The lowest BCUT2D eigenvalue weighted by molar-refractivity contribution is -0.122. The summed E-state index contributed by atoms with van der Waals surface area (Å²) in [6.07, 6.45) is 5.82. The molecule has 7 heteroatoms. The fraction of sp³-hybridized carbons (Fsp3) is 0.435. The lowest BCUT2D eigenvalue weighted by atomic mass is 10.0. The van der Waals surface area contributed by atoms with Crippen molar-refractivity contribution in [3.8, 4) is 11.5 Å². The molecule has 1 N–H and O–H groups in total. The second-order valence-corrected chi connectivity index (χ2v) is 7.29. The summed E-state index contributed by atoms with van der Waals surface area (Å²) in [5, 5.41) is 3.11. The number of nitrogens with one attached hydrogen (secondary N) is 1. The molecule has 1 aromatic heterocycles. The van der Waals surface area contributed by atoms with E-state index in [1.807, 2.05) is 30.0 Å². The molecule has 0 spiro atoms. The molecule has 1 fully saturated rings. The van der Waals surface area contributed by atoms with E-state index in [-0.39, 0.29) is 17.9 Å². The van der Waals surface area contributed by atoms with Crippen LogP contribution < -0.4 is 14.8 Å². The molecule has 0 bridgehead atoms. The smallest absolute Gasteiger partial charge is 0.253 e. The summed E-state index contributed by atoms with van der Waals surface area (Å²) in [6.45, 7) is 3.78. The zero-order valence-electron chi connectivity index (χ0n) is 17.6. The van der Waals surface area contributed by atoms with Crippen molar-refractivity contribution in [2.24, 2.45) is 0 Å². The van der Waals surface area contributed by atoms with E-state index in [2.05, 4.69) is 10.3 Å². The fourth-order valence-electron chi connectivity index (χ4n) is 3.60. The lowest BCUT2D eigenvalue weighted by Crippen LogP contribution is -2.46. The topological polar surface area (TPSA) is 80.8 Å². The van der Waals surface area contributed by atoms with Gasteiger partial charge in [0.05, 0.1) is 13.7 Å². The van der Waals surface area contributed by atoms with Crippen LogP contribution in [0.25, 0.3) is 0 Å². The summed E-state index contributed by atoms with van der Waals surface area (Å²) in [5.74, 6) is 1.44. The molecule has 1 aromatic carbocycles. The summed E-state index contributed by atoms with van der Waals surface area (Å²) in [7, 11) is 1.61. The first-order chi connectivity index (χ1) is 14.6. The maximum Gasteiger partial charge on any atom is 0.253 e. The molecular weight excluding hydrogens is 382 g/mol. The second-order valence-electron chi connectivity index (χ2n) is 7.29. The molecule has 7 nitrogen and oxygen atoms in total. The van der Waals surface area contributed by atoms with Crippen LogP contribution in [-0.4, -0.2) is 54.5 Å². The molecular formula is C23H29N3O4. The van der Waals surface area contributed by atoms with E-state index in [9.17, 15) is 9.59 Å². The number of pyridine rings is 1. The number of ether oxygens (including phenoxy) is 2. The quantitative estimate of drug-likeness (QED) is 0.722. The summed E-state index contributed by atoms with van der Waals surface area (Å²) >= 11 is 0. The van der Waals surface area contributed by atoms with Gasteiger partial charge in [-0.1, -0.05) is 6.07 Å². The van der Waals surface area contributed by atoms with Gasteiger partial charge in [0.15, 0.2) is 11.5 Å². The number of hydrogen-bond donors (Lipinski definition) is 1. The average molecular weight is 412 g/mol. The van der Waals surface area contributed by atoms with Crippen molar-refractivity contribution in [1.29, 1.82) is 0 Å². The van der Waals surface area contributed by atoms with Gasteiger partial charge in [-0.25, -0.2) is 0 Å². The van der Waals surface area contributed by atoms with Crippen molar-refractivity contribution in [2.45, 2.75) is 38.6 Å². The molecule has 1 saturated heterocycles. The van der Waals surface area contributed by atoms with Crippen LogP contribution in [0.15, 0.2) is 42.7 Å². The highest BCUT2D eigenvalue weighted by atomic mass is 16.5. The van der Waals surface area contributed by atoms with Crippen LogP contribution in [0.4, 0.5) is 0 Å². The minimum Gasteiger partial charge on any atom is -0.493 e. The zero-order chi connectivity index (χ0) is 21.3. The first-order valence-corrected chi connectivity index (χ1v) is 10.4. The van der Waals surface area contributed by atoms with Gasteiger partial charge in [0.2, 0.25) is 5.91 Å². The van der Waals surface area contributed by atoms with Crippen LogP contribution in [0.5, 0.6) is 11.5 Å². The Balaban J connectivity index is 1.43.